The third kappa shape index (κ3) is 7.08. The Hall–Kier alpha value is -0.815. The number of carbonyl (C=O) groups is 1. The summed E-state index contributed by atoms with van der Waals surface area (Å²) in [7, 11) is -2.67. The lowest BCUT2D eigenvalue weighted by Crippen LogP contribution is -2.01. The predicted octanol–water partition coefficient (Wildman–Crippen LogP) is -0.533. The van der Waals surface area contributed by atoms with Gasteiger partial charge >= 0.3 is 13.6 Å². The summed E-state index contributed by atoms with van der Waals surface area (Å²) in [5.74, 6) is 0. The summed E-state index contributed by atoms with van der Waals surface area (Å²) in [6, 6.07) is 0. The number of hydrogen-bond donors (Lipinski definition) is 2. The number of carbonyl (C=O) groups excluding carboxylic acids is 1. The van der Waals surface area contributed by atoms with Gasteiger partial charge in [-0.3, -0.25) is 4.32 Å². The Kier molecular flexibility index (Phi) is 4.55. The average molecular weight is 166 g/mol. The fourth-order valence-electron chi connectivity index (χ4n) is 0.418. The van der Waals surface area contributed by atoms with Gasteiger partial charge in [-0.1, -0.05) is 0 Å². The predicted molar refractivity (Wildman–Crippen MR) is 33.2 cm³/mol. The Morgan fingerprint density at radius 2 is 2.18 bits per heavy atom. The lowest BCUT2D eigenvalue weighted by Gasteiger charge is -1.90. The zero-order chi connectivity index (χ0) is 8.85. The largest absolute Gasteiger partial charge is 0.674 e. The molecular weight excluding hydrogens is 158 g/mol. The van der Waals surface area contributed by atoms with Crippen molar-refractivity contribution in [1.29, 1.82) is 0 Å². The first-order chi connectivity index (χ1) is 5.02. The molecule has 1 saturated heterocycles. The fraction of sp³-hybridized carbons (Fsp3) is 0.750. The average Bonchev–Trinajstić information content (AvgIpc) is 2.13. The normalized spacial score (nSPS) is 21.1. The molecule has 1 fully saturated rings. The van der Waals surface area contributed by atoms with Crippen LogP contribution in [0.3, 0.4) is 0 Å². The molecule has 0 aromatic rings. The number of hydrogen-bond acceptors (Lipinski definition) is 5. The van der Waals surface area contributed by atoms with E-state index in [1.54, 1.807) is 6.92 Å². The second-order valence-corrected chi connectivity index (χ2v) is 1.80. The Labute approximate surface area is 62.9 Å². The summed E-state index contributed by atoms with van der Waals surface area (Å²) in [5.41, 5.74) is 0. The smallest absolute Gasteiger partial charge is 0.430 e. The molecule has 0 aromatic heterocycles. The van der Waals surface area contributed by atoms with Gasteiger partial charge in [-0.25, -0.2) is 4.79 Å². The van der Waals surface area contributed by atoms with E-state index in [9.17, 15) is 9.11 Å². The molecule has 11 heavy (non-hydrogen) atoms. The summed E-state index contributed by atoms with van der Waals surface area (Å²) in [4.78, 5) is 10.0. The molecule has 0 spiro atoms. The van der Waals surface area contributed by atoms with Crippen LogP contribution in [0.2, 0.25) is 0 Å². The Balaban J connectivity index is 0.000000218. The minimum atomic E-state index is -2.67. The van der Waals surface area contributed by atoms with E-state index < -0.39 is 13.6 Å². The summed E-state index contributed by atoms with van der Waals surface area (Å²) in [6.07, 6.45) is -0.597. The highest BCUT2D eigenvalue weighted by Crippen LogP contribution is 2.02. The second-order valence-electron chi connectivity index (χ2n) is 1.80. The molecule has 1 unspecified atom stereocenters. The van der Waals surface area contributed by atoms with E-state index in [1.807, 2.05) is 0 Å². The van der Waals surface area contributed by atoms with E-state index in [4.69, 9.17) is 10.0 Å². The van der Waals surface area contributed by atoms with Crippen LogP contribution < -0.4 is 0 Å². The van der Waals surface area contributed by atoms with Gasteiger partial charge in [0.1, 0.15) is 12.7 Å². The fourth-order valence-corrected chi connectivity index (χ4v) is 0.418. The van der Waals surface area contributed by atoms with E-state index in [0.29, 0.717) is 6.61 Å². The quantitative estimate of drug-likeness (QED) is 0.373. The van der Waals surface area contributed by atoms with Gasteiger partial charge in [0.05, 0.1) is 0 Å². The second kappa shape index (κ2) is 4.92. The van der Waals surface area contributed by atoms with Crippen molar-refractivity contribution in [2.75, 3.05) is 6.61 Å². The molecule has 1 atom stereocenters. The molecule has 0 radical (unpaired) electrons. The van der Waals surface area contributed by atoms with Gasteiger partial charge in [0.25, 0.3) is 0 Å². The highest BCUT2D eigenvalue weighted by molar-refractivity contribution is 6.31. The van der Waals surface area contributed by atoms with Crippen LogP contribution in [-0.2, 0) is 9.47 Å². The van der Waals surface area contributed by atoms with E-state index in [-0.39, 0.29) is 6.10 Å². The molecule has 1 heterocycles. The van der Waals surface area contributed by atoms with Crippen molar-refractivity contribution in [3.05, 3.63) is 0 Å². The Bertz CT molecular complexity index is 127. The topological polar surface area (TPSA) is 76.0 Å². The maximum absolute atomic E-state index is 10.1. The van der Waals surface area contributed by atoms with Crippen molar-refractivity contribution >= 4 is 13.6 Å². The van der Waals surface area contributed by atoms with E-state index in [2.05, 4.69) is 9.47 Å². The monoisotopic (exact) mass is 166 g/mol. The van der Waals surface area contributed by atoms with Crippen LogP contribution in [0, 0.1) is 0 Å². The third-order valence-electron chi connectivity index (χ3n) is 0.733. The standard InChI is InChI=1S/C4H6O3.BFH2O2/c1-3-2-6-4(5)7-3;2-1(3)4/h3H,2H2,1H3;3-4H. The minimum absolute atomic E-state index is 0.0486. The van der Waals surface area contributed by atoms with Crippen molar-refractivity contribution < 1.29 is 28.6 Å². The summed E-state index contributed by atoms with van der Waals surface area (Å²) >= 11 is 0. The molecule has 5 nitrogen and oxygen atoms in total. The molecule has 0 aliphatic carbocycles. The van der Waals surface area contributed by atoms with Crippen LogP contribution >= 0.6 is 0 Å². The van der Waals surface area contributed by atoms with Gasteiger partial charge in [0.15, 0.2) is 0 Å². The molecule has 0 saturated carbocycles. The van der Waals surface area contributed by atoms with Gasteiger partial charge in [-0.2, -0.15) is 0 Å². The molecule has 7 heteroatoms. The molecule has 1 aliphatic heterocycles. The maximum Gasteiger partial charge on any atom is 0.674 e. The SMILES string of the molecule is CC1COC(=O)O1.OB(O)F. The number of rotatable bonds is 0. The van der Waals surface area contributed by atoms with Gasteiger partial charge in [0, 0.05) is 0 Å². The van der Waals surface area contributed by atoms with Crippen LogP contribution in [0.25, 0.3) is 0 Å². The van der Waals surface area contributed by atoms with Gasteiger partial charge in [-0.15, -0.1) is 0 Å². The zero-order valence-corrected chi connectivity index (χ0v) is 5.86. The van der Waals surface area contributed by atoms with Crippen molar-refractivity contribution in [2.45, 2.75) is 13.0 Å². The summed E-state index contributed by atoms with van der Waals surface area (Å²) in [5, 5.41) is 13.9. The first-order valence-electron chi connectivity index (χ1n) is 2.86. The lowest BCUT2D eigenvalue weighted by atomic mass is 10.3. The van der Waals surface area contributed by atoms with Gasteiger partial charge < -0.3 is 19.5 Å². The number of ether oxygens (including phenoxy) is 2. The molecule has 1 aliphatic rings. The molecular formula is C4H8BFO5. The molecule has 64 valence electrons. The Morgan fingerprint density at radius 3 is 2.27 bits per heavy atom. The maximum atomic E-state index is 10.1. The van der Waals surface area contributed by atoms with E-state index in [1.165, 1.54) is 0 Å². The van der Waals surface area contributed by atoms with Crippen molar-refractivity contribution in [3.8, 4) is 0 Å². The molecule has 0 aromatic carbocycles. The summed E-state index contributed by atoms with van der Waals surface area (Å²) in [6.45, 7) is 2.18. The third-order valence-corrected chi connectivity index (χ3v) is 0.733. The lowest BCUT2D eigenvalue weighted by molar-refractivity contribution is 0.121. The minimum Gasteiger partial charge on any atom is -0.430 e. The van der Waals surface area contributed by atoms with Crippen molar-refractivity contribution in [1.82, 2.24) is 0 Å². The van der Waals surface area contributed by atoms with Crippen LogP contribution in [-0.4, -0.2) is 36.3 Å². The van der Waals surface area contributed by atoms with E-state index in [0.717, 1.165) is 0 Å². The van der Waals surface area contributed by atoms with Crippen LogP contribution in [0.4, 0.5) is 9.11 Å². The zero-order valence-electron chi connectivity index (χ0n) is 5.86. The van der Waals surface area contributed by atoms with Crippen molar-refractivity contribution in [2.24, 2.45) is 0 Å². The molecule has 2 N–H and O–H groups in total. The van der Waals surface area contributed by atoms with Gasteiger partial charge in [-0.05, 0) is 6.92 Å². The highest BCUT2D eigenvalue weighted by atomic mass is 19.1. The number of cyclic esters (lactones) is 2. The Morgan fingerprint density at radius 1 is 1.73 bits per heavy atom. The highest BCUT2D eigenvalue weighted by Gasteiger charge is 2.19. The first kappa shape index (κ1) is 10.2. The first-order valence-corrected chi connectivity index (χ1v) is 2.86. The molecule has 0 bridgehead atoms. The van der Waals surface area contributed by atoms with Crippen LogP contribution in [0.5, 0.6) is 0 Å². The van der Waals surface area contributed by atoms with Gasteiger partial charge in [0.2, 0.25) is 0 Å². The van der Waals surface area contributed by atoms with Crippen LogP contribution in [0.15, 0.2) is 0 Å². The summed E-state index contributed by atoms with van der Waals surface area (Å²) < 4.78 is 19.0. The molecule has 0 amide bonds. The van der Waals surface area contributed by atoms with Crippen LogP contribution in [0.1, 0.15) is 6.92 Å². The number of halogens is 1. The van der Waals surface area contributed by atoms with Crippen molar-refractivity contribution in [3.63, 3.8) is 0 Å². The van der Waals surface area contributed by atoms with E-state index >= 15 is 0 Å². The molecule has 1 rings (SSSR count).